The van der Waals surface area contributed by atoms with Crippen molar-refractivity contribution in [3.63, 3.8) is 0 Å². The summed E-state index contributed by atoms with van der Waals surface area (Å²) in [7, 11) is -3.17. The molecule has 180 valence electrons. The van der Waals surface area contributed by atoms with Crippen LogP contribution in [0.4, 0.5) is 15.8 Å². The van der Waals surface area contributed by atoms with Crippen LogP contribution in [0.25, 0.3) is 0 Å². The first kappa shape index (κ1) is 25.4. The Hall–Kier alpha value is -2.20. The fourth-order valence-corrected chi connectivity index (χ4v) is 6.54. The lowest BCUT2D eigenvalue weighted by atomic mass is 10.0. The molecule has 0 fully saturated rings. The number of hydrogen-bond donors (Lipinski definition) is 3. The normalized spacial score (nSPS) is 18.9. The van der Waals surface area contributed by atoms with Crippen LogP contribution in [0.1, 0.15) is 33.1 Å². The molecule has 3 N–H and O–H groups in total. The minimum Gasteiger partial charge on any atom is -0.476 e. The number of carboxylic acids is 1. The minimum absolute atomic E-state index is 0.0681. The molecule has 0 radical (unpaired) electrons. The number of thioether (sulfide) groups is 1. The molecule has 1 aliphatic heterocycles. The van der Waals surface area contributed by atoms with Gasteiger partial charge >= 0.3 is 5.97 Å². The zero-order chi connectivity index (χ0) is 24.0. The first-order valence-corrected chi connectivity index (χ1v) is 13.6. The van der Waals surface area contributed by atoms with Gasteiger partial charge in [-0.3, -0.25) is 9.11 Å². The summed E-state index contributed by atoms with van der Waals surface area (Å²) in [5.74, 6) is -1.98. The number of para-hydroxylation sites is 1. The lowest BCUT2D eigenvalue weighted by Crippen LogP contribution is -2.25. The van der Waals surface area contributed by atoms with E-state index in [1.165, 1.54) is 17.8 Å². The second-order valence-electron chi connectivity index (χ2n) is 7.88. The van der Waals surface area contributed by atoms with Crippen molar-refractivity contribution in [1.82, 2.24) is 0 Å². The lowest BCUT2D eigenvalue weighted by Gasteiger charge is -2.34. The van der Waals surface area contributed by atoms with E-state index in [0.29, 0.717) is 34.0 Å². The Morgan fingerprint density at radius 3 is 2.64 bits per heavy atom. The molecule has 9 heteroatoms. The molecule has 1 atom stereocenters. The fourth-order valence-electron chi connectivity index (χ4n) is 3.88. The second-order valence-corrected chi connectivity index (χ2v) is 11.3. The highest BCUT2D eigenvalue weighted by atomic mass is 32.3. The Kier molecular flexibility index (Phi) is 8.69. The number of rotatable bonds is 9. The number of hydrogen-bond acceptors (Lipinski definition) is 6. The van der Waals surface area contributed by atoms with Crippen molar-refractivity contribution < 1.29 is 28.1 Å². The van der Waals surface area contributed by atoms with E-state index in [2.05, 4.69) is 11.8 Å². The first-order valence-electron chi connectivity index (χ1n) is 10.9. The first-order chi connectivity index (χ1) is 15.8. The fraction of sp³-hybridized carbons (Fsp3) is 0.375. The van der Waals surface area contributed by atoms with E-state index in [-0.39, 0.29) is 17.4 Å². The molecule has 0 saturated heterocycles. The summed E-state index contributed by atoms with van der Waals surface area (Å²) < 4.78 is 41.4. The molecular weight excluding hydrogens is 465 g/mol. The molecule has 2 aromatic rings. The van der Waals surface area contributed by atoms with Crippen LogP contribution in [0.3, 0.4) is 0 Å². The van der Waals surface area contributed by atoms with E-state index < -0.39 is 22.4 Å². The van der Waals surface area contributed by atoms with Crippen molar-refractivity contribution in [3.05, 3.63) is 54.6 Å². The number of unbranched alkanes of at least 4 members (excludes halogenated alkanes) is 1. The number of ether oxygens (including phenoxy) is 1. The third-order valence-electron chi connectivity index (χ3n) is 5.40. The van der Waals surface area contributed by atoms with Gasteiger partial charge in [-0.2, -0.15) is 15.0 Å². The average Bonchev–Trinajstić information content (AvgIpc) is 2.90. The van der Waals surface area contributed by atoms with Gasteiger partial charge in [0, 0.05) is 24.1 Å². The third kappa shape index (κ3) is 6.23. The number of aliphatic carboxylic acids is 1. The highest BCUT2D eigenvalue weighted by Gasteiger charge is 2.34. The average molecular weight is 496 g/mol. The summed E-state index contributed by atoms with van der Waals surface area (Å²) in [6.45, 7) is 4.70. The Morgan fingerprint density at radius 1 is 1.27 bits per heavy atom. The number of anilines is 2. The maximum Gasteiger partial charge on any atom is 0.368 e. The highest BCUT2D eigenvalue weighted by Crippen LogP contribution is 2.59. The number of fused-ring (bicyclic) bond motifs is 1. The monoisotopic (exact) mass is 495 g/mol. The van der Waals surface area contributed by atoms with Gasteiger partial charge in [-0.1, -0.05) is 44.9 Å². The molecule has 1 unspecified atom stereocenters. The van der Waals surface area contributed by atoms with Gasteiger partial charge in [-0.15, -0.1) is 11.8 Å². The molecule has 33 heavy (non-hydrogen) atoms. The molecule has 6 nitrogen and oxygen atoms in total. The standard InChI is InChI=1S/C24H30FNO5S2/c1-3-5-9-17-14-26(18-10-7-6-8-11-18)20-12-22(32-4-2)21(31-15-19(25)24(27)28)13-23(20)33(29,30)16-17/h6-8,10-13,15,17,29-30H,3-5,9,14,16H2,1-2H3,(H,27,28)/b19-15-. The smallest absolute Gasteiger partial charge is 0.368 e. The van der Waals surface area contributed by atoms with Gasteiger partial charge in [0.1, 0.15) is 12.0 Å². The van der Waals surface area contributed by atoms with Crippen LogP contribution in [0.5, 0.6) is 5.75 Å². The van der Waals surface area contributed by atoms with E-state index in [1.807, 2.05) is 43.3 Å². The Bertz CT molecular complexity index is 1000. The van der Waals surface area contributed by atoms with E-state index in [4.69, 9.17) is 9.84 Å². The van der Waals surface area contributed by atoms with Crippen molar-refractivity contribution in [2.45, 2.75) is 42.9 Å². The molecule has 0 saturated carbocycles. The molecule has 0 bridgehead atoms. The van der Waals surface area contributed by atoms with Crippen LogP contribution in [-0.2, 0) is 4.79 Å². The summed E-state index contributed by atoms with van der Waals surface area (Å²) >= 11 is 1.45. The van der Waals surface area contributed by atoms with Crippen molar-refractivity contribution in [1.29, 1.82) is 0 Å². The largest absolute Gasteiger partial charge is 0.476 e. The number of benzene rings is 2. The lowest BCUT2D eigenvalue weighted by molar-refractivity contribution is -0.134. The Balaban J connectivity index is 2.15. The van der Waals surface area contributed by atoms with E-state index in [1.54, 1.807) is 0 Å². The van der Waals surface area contributed by atoms with E-state index >= 15 is 0 Å². The predicted molar refractivity (Wildman–Crippen MR) is 133 cm³/mol. The molecule has 0 spiro atoms. The van der Waals surface area contributed by atoms with Crippen LogP contribution in [0.2, 0.25) is 0 Å². The van der Waals surface area contributed by atoms with Gasteiger partial charge in [0.25, 0.3) is 0 Å². The molecule has 0 aliphatic carbocycles. The van der Waals surface area contributed by atoms with E-state index in [9.17, 15) is 18.3 Å². The molecule has 2 aromatic carbocycles. The zero-order valence-electron chi connectivity index (χ0n) is 18.7. The van der Waals surface area contributed by atoms with Crippen molar-refractivity contribution in [3.8, 4) is 5.75 Å². The zero-order valence-corrected chi connectivity index (χ0v) is 20.4. The second kappa shape index (κ2) is 11.3. The summed E-state index contributed by atoms with van der Waals surface area (Å²) in [5.41, 5.74) is 1.61. The van der Waals surface area contributed by atoms with Crippen molar-refractivity contribution in [2.75, 3.05) is 23.0 Å². The highest BCUT2D eigenvalue weighted by molar-refractivity contribution is 8.24. The maximum absolute atomic E-state index is 13.6. The number of carboxylic acid groups (broad SMARTS) is 1. The van der Waals surface area contributed by atoms with Crippen LogP contribution in [0, 0.1) is 5.92 Å². The van der Waals surface area contributed by atoms with E-state index in [0.717, 1.165) is 24.9 Å². The van der Waals surface area contributed by atoms with Crippen molar-refractivity contribution >= 4 is 39.7 Å². The van der Waals surface area contributed by atoms with Gasteiger partial charge in [-0.25, -0.2) is 4.79 Å². The Morgan fingerprint density at radius 2 is 2.00 bits per heavy atom. The molecule has 3 rings (SSSR count). The van der Waals surface area contributed by atoms with Gasteiger partial charge in [-0.05, 0) is 36.3 Å². The molecule has 1 aliphatic rings. The minimum atomic E-state index is -3.17. The quantitative estimate of drug-likeness (QED) is 0.193. The summed E-state index contributed by atoms with van der Waals surface area (Å²) in [6, 6.07) is 13.1. The predicted octanol–water partition coefficient (Wildman–Crippen LogP) is 7.14. The summed E-state index contributed by atoms with van der Waals surface area (Å²) in [6.07, 6.45) is 3.41. The molecule has 0 aromatic heterocycles. The molecular formula is C24H30FNO5S2. The van der Waals surface area contributed by atoms with Gasteiger partial charge in [0.2, 0.25) is 5.83 Å². The van der Waals surface area contributed by atoms with Crippen molar-refractivity contribution in [2.24, 2.45) is 5.92 Å². The molecule has 0 amide bonds. The summed E-state index contributed by atoms with van der Waals surface area (Å²) in [5, 5.41) is 8.79. The van der Waals surface area contributed by atoms with Gasteiger partial charge < -0.3 is 14.7 Å². The number of nitrogens with zero attached hydrogens (tertiary/aromatic N) is 1. The number of carbonyl (C=O) groups is 1. The Labute approximate surface area is 199 Å². The van der Waals surface area contributed by atoms with Crippen LogP contribution in [-0.4, -0.2) is 38.2 Å². The third-order valence-corrected chi connectivity index (χ3v) is 8.29. The maximum atomic E-state index is 13.6. The molecule has 1 heterocycles. The van der Waals surface area contributed by atoms with Crippen LogP contribution in [0.15, 0.2) is 64.3 Å². The van der Waals surface area contributed by atoms with Crippen LogP contribution >= 0.6 is 22.4 Å². The van der Waals surface area contributed by atoms with Gasteiger partial charge in [0.15, 0.2) is 0 Å². The summed E-state index contributed by atoms with van der Waals surface area (Å²) in [4.78, 5) is 13.9. The van der Waals surface area contributed by atoms with Crippen LogP contribution < -0.4 is 9.64 Å². The SMILES string of the molecule is CCCCC1CN(c2ccccc2)c2cc(SCC)c(O/C=C(\F)C(=O)O)cc2S(O)(O)C1. The van der Waals surface area contributed by atoms with Gasteiger partial charge in [0.05, 0.1) is 15.5 Å². The topological polar surface area (TPSA) is 90.2 Å². The number of halogens is 1.